The summed E-state index contributed by atoms with van der Waals surface area (Å²) in [5.41, 5.74) is 2.86. The predicted molar refractivity (Wildman–Crippen MR) is 140 cm³/mol. The number of aliphatic hydroxyl groups is 1. The number of anilines is 1. The molecule has 1 saturated heterocycles. The quantitative estimate of drug-likeness (QED) is 0.281. The molecular formula is C30H27NO7. The van der Waals surface area contributed by atoms with E-state index in [1.165, 1.54) is 4.90 Å². The second-order valence-electron chi connectivity index (χ2n) is 10.3. The van der Waals surface area contributed by atoms with Crippen molar-refractivity contribution in [3.8, 4) is 11.5 Å². The Morgan fingerprint density at radius 2 is 1.58 bits per heavy atom. The van der Waals surface area contributed by atoms with Crippen LogP contribution in [0.2, 0.25) is 0 Å². The number of ketones is 1. The molecule has 0 saturated carbocycles. The van der Waals surface area contributed by atoms with Crippen molar-refractivity contribution in [2.45, 2.75) is 38.6 Å². The van der Waals surface area contributed by atoms with Gasteiger partial charge in [0.2, 0.25) is 6.79 Å². The number of benzene rings is 3. The molecule has 1 unspecified atom stereocenters. The molecular weight excluding hydrogens is 486 g/mol. The number of carbonyl (C=O) groups is 3. The number of nitrogens with zero attached hydrogens (tertiary/aromatic N) is 1. The first-order valence-corrected chi connectivity index (χ1v) is 12.2. The lowest BCUT2D eigenvalue weighted by Gasteiger charge is -2.26. The zero-order valence-corrected chi connectivity index (χ0v) is 21.2. The van der Waals surface area contributed by atoms with Crippen LogP contribution in [0.15, 0.2) is 72.3 Å². The molecule has 3 aromatic carbocycles. The van der Waals surface area contributed by atoms with E-state index in [1.807, 2.05) is 24.3 Å². The SMILES string of the molecule is CC(C)(C)c1ccc(C2/C(=C(/O)c3ccc4c(c3)OCO4)C(=O)C(=O)N2c2ccc(CC(=O)O)cc2)cc1. The smallest absolute Gasteiger partial charge is 0.307 e. The van der Waals surface area contributed by atoms with Crippen molar-refractivity contribution in [3.05, 3.63) is 94.6 Å². The van der Waals surface area contributed by atoms with Crippen molar-refractivity contribution in [2.75, 3.05) is 11.7 Å². The average Bonchev–Trinajstić information content (AvgIpc) is 3.45. The number of carbonyl (C=O) groups excluding carboxylic acids is 2. The number of fused-ring (bicyclic) bond motifs is 1. The number of carboxylic acid groups (broad SMARTS) is 1. The number of amides is 1. The topological polar surface area (TPSA) is 113 Å². The number of Topliss-reactive ketones (excluding diaryl/α,β-unsaturated/α-hetero) is 1. The fourth-order valence-corrected chi connectivity index (χ4v) is 4.73. The third kappa shape index (κ3) is 4.49. The molecule has 5 rings (SSSR count). The molecule has 2 N–H and O–H groups in total. The van der Waals surface area contributed by atoms with Gasteiger partial charge in [-0.05, 0) is 52.4 Å². The van der Waals surface area contributed by atoms with Crippen molar-refractivity contribution in [2.24, 2.45) is 0 Å². The Bertz CT molecular complexity index is 1460. The van der Waals surface area contributed by atoms with Crippen LogP contribution in [-0.4, -0.2) is 34.7 Å². The summed E-state index contributed by atoms with van der Waals surface area (Å²) in [5.74, 6) is -1.94. The van der Waals surface area contributed by atoms with E-state index in [4.69, 9.17) is 14.6 Å². The molecule has 0 spiro atoms. The largest absolute Gasteiger partial charge is 0.507 e. The maximum Gasteiger partial charge on any atom is 0.307 e. The predicted octanol–water partition coefficient (Wildman–Crippen LogP) is 4.97. The van der Waals surface area contributed by atoms with Crippen LogP contribution in [0, 0.1) is 0 Å². The minimum absolute atomic E-state index is 0.0491. The number of hydrogen-bond donors (Lipinski definition) is 2. The summed E-state index contributed by atoms with van der Waals surface area (Å²) in [5, 5.41) is 20.5. The second-order valence-corrected chi connectivity index (χ2v) is 10.3. The van der Waals surface area contributed by atoms with E-state index >= 15 is 0 Å². The molecule has 1 atom stereocenters. The third-order valence-electron chi connectivity index (χ3n) is 6.75. The fraction of sp³-hybridized carbons (Fsp3) is 0.233. The maximum absolute atomic E-state index is 13.4. The van der Waals surface area contributed by atoms with Crippen LogP contribution in [0.1, 0.15) is 49.1 Å². The lowest BCUT2D eigenvalue weighted by molar-refractivity contribution is -0.136. The molecule has 2 heterocycles. The van der Waals surface area contributed by atoms with Gasteiger partial charge in [-0.2, -0.15) is 0 Å². The van der Waals surface area contributed by atoms with E-state index in [2.05, 4.69) is 20.8 Å². The van der Waals surface area contributed by atoms with Crippen molar-refractivity contribution >= 4 is 29.1 Å². The molecule has 0 aliphatic carbocycles. The van der Waals surface area contributed by atoms with E-state index in [-0.39, 0.29) is 30.0 Å². The number of aliphatic carboxylic acids is 1. The molecule has 8 nitrogen and oxygen atoms in total. The van der Waals surface area contributed by atoms with E-state index in [0.717, 1.165) is 5.56 Å². The van der Waals surface area contributed by atoms with Gasteiger partial charge in [0.05, 0.1) is 18.0 Å². The molecule has 194 valence electrons. The van der Waals surface area contributed by atoms with Crippen molar-refractivity contribution in [1.82, 2.24) is 0 Å². The molecule has 38 heavy (non-hydrogen) atoms. The van der Waals surface area contributed by atoms with Gasteiger partial charge >= 0.3 is 5.97 Å². The number of hydrogen-bond acceptors (Lipinski definition) is 6. The summed E-state index contributed by atoms with van der Waals surface area (Å²) < 4.78 is 10.8. The monoisotopic (exact) mass is 513 g/mol. The second kappa shape index (κ2) is 9.37. The van der Waals surface area contributed by atoms with Crippen LogP contribution in [0.4, 0.5) is 5.69 Å². The molecule has 2 aliphatic heterocycles. The normalized spacial score (nSPS) is 18.2. The van der Waals surface area contributed by atoms with Crippen LogP contribution in [0.25, 0.3) is 5.76 Å². The number of ether oxygens (including phenoxy) is 2. The third-order valence-corrected chi connectivity index (χ3v) is 6.75. The van der Waals surface area contributed by atoms with Gasteiger partial charge in [-0.3, -0.25) is 19.3 Å². The first-order chi connectivity index (χ1) is 18.0. The van der Waals surface area contributed by atoms with E-state index in [1.54, 1.807) is 42.5 Å². The Balaban J connectivity index is 1.65. The van der Waals surface area contributed by atoms with Gasteiger partial charge in [0.1, 0.15) is 5.76 Å². The van der Waals surface area contributed by atoms with Gasteiger partial charge in [0.15, 0.2) is 11.5 Å². The first kappa shape index (κ1) is 25.1. The van der Waals surface area contributed by atoms with Crippen molar-refractivity contribution in [1.29, 1.82) is 0 Å². The summed E-state index contributed by atoms with van der Waals surface area (Å²) in [6, 6.07) is 18.0. The number of rotatable bonds is 5. The highest BCUT2D eigenvalue weighted by Crippen LogP contribution is 2.44. The molecule has 0 radical (unpaired) electrons. The number of carboxylic acids is 1. The Kier molecular flexibility index (Phi) is 6.18. The summed E-state index contributed by atoms with van der Waals surface area (Å²) in [6.07, 6.45) is -0.166. The standard InChI is InChI=1S/C30H27NO7/c1-30(2,3)20-9-6-18(7-10-20)26-25(27(34)19-8-13-22-23(15-19)38-16-37-22)28(35)29(36)31(26)21-11-4-17(5-12-21)14-24(32)33/h4-13,15,26,34H,14,16H2,1-3H3,(H,32,33)/b27-25-. The Hall–Kier alpha value is -4.59. The molecule has 1 amide bonds. The summed E-state index contributed by atoms with van der Waals surface area (Å²) in [7, 11) is 0. The van der Waals surface area contributed by atoms with Gasteiger partial charge in [-0.15, -0.1) is 0 Å². The molecule has 0 bridgehead atoms. The Morgan fingerprint density at radius 3 is 2.21 bits per heavy atom. The van der Waals surface area contributed by atoms with Crippen molar-refractivity contribution < 1.29 is 34.1 Å². The highest BCUT2D eigenvalue weighted by Gasteiger charge is 2.47. The molecule has 1 fully saturated rings. The summed E-state index contributed by atoms with van der Waals surface area (Å²) in [6.45, 7) is 6.33. The Morgan fingerprint density at radius 1 is 0.921 bits per heavy atom. The van der Waals surface area contributed by atoms with Gasteiger partial charge in [0, 0.05) is 11.3 Å². The highest BCUT2D eigenvalue weighted by molar-refractivity contribution is 6.51. The number of aliphatic hydroxyl groups excluding tert-OH is 1. The van der Waals surface area contributed by atoms with Crippen LogP contribution < -0.4 is 14.4 Å². The van der Waals surface area contributed by atoms with Crippen LogP contribution >= 0.6 is 0 Å². The maximum atomic E-state index is 13.4. The van der Waals surface area contributed by atoms with E-state index in [0.29, 0.717) is 33.9 Å². The fourth-order valence-electron chi connectivity index (χ4n) is 4.73. The summed E-state index contributed by atoms with van der Waals surface area (Å²) >= 11 is 0. The highest BCUT2D eigenvalue weighted by atomic mass is 16.7. The first-order valence-electron chi connectivity index (χ1n) is 12.2. The lowest BCUT2D eigenvalue weighted by Crippen LogP contribution is -2.29. The van der Waals surface area contributed by atoms with Gasteiger partial charge < -0.3 is 19.7 Å². The van der Waals surface area contributed by atoms with Crippen LogP contribution in [0.3, 0.4) is 0 Å². The van der Waals surface area contributed by atoms with Crippen LogP contribution in [0.5, 0.6) is 11.5 Å². The average molecular weight is 514 g/mol. The minimum atomic E-state index is -0.971. The van der Waals surface area contributed by atoms with E-state index < -0.39 is 23.7 Å². The van der Waals surface area contributed by atoms with Crippen molar-refractivity contribution in [3.63, 3.8) is 0 Å². The van der Waals surface area contributed by atoms with E-state index in [9.17, 15) is 19.5 Å². The Labute approximate surface area is 219 Å². The lowest BCUT2D eigenvalue weighted by atomic mass is 9.85. The molecule has 0 aromatic heterocycles. The zero-order valence-electron chi connectivity index (χ0n) is 21.2. The summed E-state index contributed by atoms with van der Waals surface area (Å²) in [4.78, 5) is 39.3. The minimum Gasteiger partial charge on any atom is -0.507 e. The van der Waals surface area contributed by atoms with Crippen LogP contribution in [-0.2, 0) is 26.2 Å². The van der Waals surface area contributed by atoms with Gasteiger partial charge in [0.25, 0.3) is 11.7 Å². The molecule has 3 aromatic rings. The molecule has 8 heteroatoms. The van der Waals surface area contributed by atoms with Gasteiger partial charge in [-0.25, -0.2) is 0 Å². The molecule has 2 aliphatic rings. The van der Waals surface area contributed by atoms with Gasteiger partial charge in [-0.1, -0.05) is 57.2 Å². The zero-order chi connectivity index (χ0) is 27.2.